The zero-order valence-corrected chi connectivity index (χ0v) is 13.8. The number of halogens is 2. The lowest BCUT2D eigenvalue weighted by Crippen LogP contribution is -2.46. The zero-order chi connectivity index (χ0) is 18.1. The molecule has 2 heterocycles. The van der Waals surface area contributed by atoms with Crippen molar-refractivity contribution in [2.45, 2.75) is 45.3 Å². The van der Waals surface area contributed by atoms with E-state index >= 15 is 0 Å². The van der Waals surface area contributed by atoms with Crippen LogP contribution >= 0.6 is 0 Å². The van der Waals surface area contributed by atoms with Crippen molar-refractivity contribution < 1.29 is 28.2 Å². The van der Waals surface area contributed by atoms with Gasteiger partial charge >= 0.3 is 18.6 Å². The first kappa shape index (κ1) is 18.2. The minimum Gasteiger partial charge on any atom is -0.481 e. The Labute approximate surface area is 138 Å². The number of alkyl halides is 2. The Hall–Kier alpha value is -2.19. The van der Waals surface area contributed by atoms with Gasteiger partial charge in [-0.25, -0.2) is 9.48 Å². The van der Waals surface area contributed by atoms with Crippen LogP contribution in [0.4, 0.5) is 13.6 Å². The van der Waals surface area contributed by atoms with Crippen molar-refractivity contribution in [1.82, 2.24) is 14.7 Å². The topological polar surface area (TPSA) is 84.7 Å². The molecule has 134 valence electrons. The van der Waals surface area contributed by atoms with Gasteiger partial charge in [0.25, 0.3) is 0 Å². The third-order valence-electron chi connectivity index (χ3n) is 3.83. The fourth-order valence-corrected chi connectivity index (χ4v) is 2.73. The van der Waals surface area contributed by atoms with Crippen LogP contribution in [0.15, 0.2) is 12.4 Å². The van der Waals surface area contributed by atoms with Crippen molar-refractivity contribution >= 4 is 12.1 Å². The number of ether oxygens (including phenoxy) is 1. The Bertz CT molecular complexity index is 612. The van der Waals surface area contributed by atoms with Gasteiger partial charge in [0.2, 0.25) is 0 Å². The molecule has 1 saturated heterocycles. The largest absolute Gasteiger partial charge is 0.481 e. The van der Waals surface area contributed by atoms with E-state index in [4.69, 9.17) is 4.74 Å². The number of hydrogen-bond acceptors (Lipinski definition) is 4. The minimum atomic E-state index is -2.80. The van der Waals surface area contributed by atoms with Crippen LogP contribution < -0.4 is 0 Å². The molecule has 0 radical (unpaired) electrons. The van der Waals surface area contributed by atoms with E-state index in [2.05, 4.69) is 5.10 Å². The van der Waals surface area contributed by atoms with Crippen molar-refractivity contribution in [3.63, 3.8) is 0 Å². The summed E-state index contributed by atoms with van der Waals surface area (Å²) in [5.74, 6) is -2.40. The van der Waals surface area contributed by atoms with Crippen molar-refractivity contribution in [2.24, 2.45) is 5.92 Å². The quantitative estimate of drug-likeness (QED) is 0.910. The van der Waals surface area contributed by atoms with E-state index in [1.54, 1.807) is 20.8 Å². The summed E-state index contributed by atoms with van der Waals surface area (Å²) in [6.07, 6.45) is 2.03. The van der Waals surface area contributed by atoms with Gasteiger partial charge in [0.15, 0.2) is 0 Å². The molecule has 1 aromatic rings. The highest BCUT2D eigenvalue weighted by atomic mass is 19.3. The van der Waals surface area contributed by atoms with Crippen LogP contribution in [0.1, 0.15) is 45.2 Å². The lowest BCUT2D eigenvalue weighted by molar-refractivity contribution is -0.144. The number of likely N-dealkylation sites (tertiary alicyclic amines) is 1. The molecule has 0 aromatic carbocycles. The highest BCUT2D eigenvalue weighted by Gasteiger charge is 2.38. The summed E-state index contributed by atoms with van der Waals surface area (Å²) in [5, 5.41) is 12.9. The van der Waals surface area contributed by atoms with Crippen LogP contribution in [-0.4, -0.2) is 50.5 Å². The molecule has 1 aliphatic rings. The molecule has 1 aliphatic heterocycles. The Balaban J connectivity index is 2.20. The highest BCUT2D eigenvalue weighted by molar-refractivity contribution is 5.73. The zero-order valence-electron chi connectivity index (χ0n) is 13.8. The first-order valence-electron chi connectivity index (χ1n) is 7.61. The Morgan fingerprint density at radius 2 is 2.08 bits per heavy atom. The average Bonchev–Trinajstić information content (AvgIpc) is 2.94. The van der Waals surface area contributed by atoms with Gasteiger partial charge in [0.05, 0.1) is 12.1 Å². The molecule has 0 spiro atoms. The predicted molar refractivity (Wildman–Crippen MR) is 79.8 cm³/mol. The molecule has 1 amide bonds. The van der Waals surface area contributed by atoms with E-state index in [0.717, 1.165) is 6.20 Å². The maximum atomic E-state index is 12.7. The molecular weight excluding hydrogens is 324 g/mol. The van der Waals surface area contributed by atoms with Gasteiger partial charge in [-0.15, -0.1) is 0 Å². The number of carbonyl (C=O) groups is 2. The summed E-state index contributed by atoms with van der Waals surface area (Å²) in [7, 11) is 0. The SMILES string of the molecule is CC(C)(C)OC(=O)N1CC[C@H](C(=O)O)[C@@H](c2cnn(C(F)F)c2)C1. The van der Waals surface area contributed by atoms with Crippen molar-refractivity contribution in [3.8, 4) is 0 Å². The fraction of sp³-hybridized carbons (Fsp3) is 0.667. The molecule has 1 N–H and O–H groups in total. The third kappa shape index (κ3) is 4.21. The number of carbonyl (C=O) groups excluding carboxylic acids is 1. The van der Waals surface area contributed by atoms with E-state index in [1.807, 2.05) is 0 Å². The van der Waals surface area contributed by atoms with E-state index in [9.17, 15) is 23.5 Å². The Morgan fingerprint density at radius 3 is 2.58 bits per heavy atom. The molecule has 0 aliphatic carbocycles. The van der Waals surface area contributed by atoms with Gasteiger partial charge < -0.3 is 14.7 Å². The number of carboxylic acids is 1. The average molecular weight is 345 g/mol. The number of aromatic nitrogens is 2. The lowest BCUT2D eigenvalue weighted by Gasteiger charge is -2.37. The summed E-state index contributed by atoms with van der Waals surface area (Å²) in [5.41, 5.74) is -0.299. The fourth-order valence-electron chi connectivity index (χ4n) is 2.73. The monoisotopic (exact) mass is 345 g/mol. The minimum absolute atomic E-state index is 0.0841. The summed E-state index contributed by atoms with van der Waals surface area (Å²) >= 11 is 0. The van der Waals surface area contributed by atoms with Crippen molar-refractivity contribution in [2.75, 3.05) is 13.1 Å². The van der Waals surface area contributed by atoms with Crippen LogP contribution in [-0.2, 0) is 9.53 Å². The van der Waals surface area contributed by atoms with Crippen LogP contribution in [0.25, 0.3) is 0 Å². The van der Waals surface area contributed by atoms with Crippen LogP contribution in [0.2, 0.25) is 0 Å². The first-order chi connectivity index (χ1) is 11.1. The molecule has 24 heavy (non-hydrogen) atoms. The molecule has 0 unspecified atom stereocenters. The first-order valence-corrected chi connectivity index (χ1v) is 7.61. The van der Waals surface area contributed by atoms with E-state index < -0.39 is 36.0 Å². The second-order valence-corrected chi connectivity index (χ2v) is 6.80. The predicted octanol–water partition coefficient (Wildman–Crippen LogP) is 2.70. The molecule has 2 atom stereocenters. The smallest absolute Gasteiger partial charge is 0.410 e. The Morgan fingerprint density at radius 1 is 1.42 bits per heavy atom. The van der Waals surface area contributed by atoms with E-state index in [0.29, 0.717) is 10.2 Å². The van der Waals surface area contributed by atoms with E-state index in [1.165, 1.54) is 11.1 Å². The second kappa shape index (κ2) is 6.74. The highest BCUT2D eigenvalue weighted by Crippen LogP contribution is 2.33. The van der Waals surface area contributed by atoms with Gasteiger partial charge in [-0.05, 0) is 32.8 Å². The molecule has 2 rings (SSSR count). The summed E-state index contributed by atoms with van der Waals surface area (Å²) in [6, 6.07) is 0. The van der Waals surface area contributed by atoms with Crippen molar-refractivity contribution in [3.05, 3.63) is 18.0 Å². The number of carboxylic acid groups (broad SMARTS) is 1. The summed E-state index contributed by atoms with van der Waals surface area (Å²) in [6.45, 7) is 2.73. The molecule has 1 aromatic heterocycles. The molecule has 0 bridgehead atoms. The van der Waals surface area contributed by atoms with Gasteiger partial charge in [-0.1, -0.05) is 0 Å². The molecule has 9 heteroatoms. The number of hydrogen-bond donors (Lipinski definition) is 1. The number of aliphatic carboxylic acids is 1. The van der Waals surface area contributed by atoms with Crippen LogP contribution in [0, 0.1) is 5.92 Å². The Kier molecular flexibility index (Phi) is 5.10. The van der Waals surface area contributed by atoms with Gasteiger partial charge in [0.1, 0.15) is 5.60 Å². The van der Waals surface area contributed by atoms with Gasteiger partial charge in [-0.2, -0.15) is 13.9 Å². The second-order valence-electron chi connectivity index (χ2n) is 6.80. The number of nitrogens with zero attached hydrogens (tertiary/aromatic N) is 3. The molecule has 1 fully saturated rings. The summed E-state index contributed by atoms with van der Waals surface area (Å²) < 4.78 is 31.2. The maximum absolute atomic E-state index is 12.7. The van der Waals surface area contributed by atoms with E-state index in [-0.39, 0.29) is 19.5 Å². The van der Waals surface area contributed by atoms with Gasteiger partial charge in [-0.3, -0.25) is 4.79 Å². The summed E-state index contributed by atoms with van der Waals surface area (Å²) in [4.78, 5) is 25.1. The maximum Gasteiger partial charge on any atom is 0.410 e. The number of amides is 1. The van der Waals surface area contributed by atoms with Crippen LogP contribution in [0.5, 0.6) is 0 Å². The van der Waals surface area contributed by atoms with Gasteiger partial charge in [0, 0.05) is 25.2 Å². The van der Waals surface area contributed by atoms with Crippen molar-refractivity contribution in [1.29, 1.82) is 0 Å². The lowest BCUT2D eigenvalue weighted by atomic mass is 9.82. The third-order valence-corrected chi connectivity index (χ3v) is 3.83. The molecule has 7 nitrogen and oxygen atoms in total. The standard InChI is InChI=1S/C15H21F2N3O4/c1-15(2,3)24-14(23)19-5-4-10(12(21)22)11(8-19)9-6-18-20(7-9)13(16)17/h6-7,10-11,13H,4-5,8H2,1-3H3,(H,21,22)/t10-,11+/m0/s1. The molecule has 0 saturated carbocycles. The normalized spacial score (nSPS) is 21.8. The number of piperidine rings is 1. The molecular formula is C15H21F2N3O4. The number of rotatable bonds is 3. The van der Waals surface area contributed by atoms with Crippen LogP contribution in [0.3, 0.4) is 0 Å².